The molecule has 0 bridgehead atoms. The molecular formula is C10H16N4O3. The number of nitrogens with two attached hydrogens (primary N) is 1. The number of nitrogens with zero attached hydrogens (tertiary/aromatic N) is 2. The molecule has 1 aliphatic rings. The van der Waals surface area contributed by atoms with Crippen molar-refractivity contribution < 1.29 is 14.5 Å². The van der Waals surface area contributed by atoms with Crippen LogP contribution in [0.2, 0.25) is 0 Å². The number of nitrogens with one attached hydrogen (secondary N) is 1. The van der Waals surface area contributed by atoms with E-state index in [9.17, 15) is 9.90 Å². The molecule has 1 amide bonds. The van der Waals surface area contributed by atoms with Gasteiger partial charge < -0.3 is 16.2 Å². The number of anilines is 1. The molecule has 7 nitrogen and oxygen atoms in total. The molecule has 0 saturated heterocycles. The average molecular weight is 240 g/mol. The smallest absolute Gasteiger partial charge is 0.277 e. The van der Waals surface area contributed by atoms with E-state index < -0.39 is 0 Å². The second-order valence-electron chi connectivity index (χ2n) is 4.38. The van der Waals surface area contributed by atoms with E-state index in [-0.39, 0.29) is 23.5 Å². The Morgan fingerprint density at radius 3 is 2.71 bits per heavy atom. The van der Waals surface area contributed by atoms with Gasteiger partial charge in [-0.2, -0.15) is 0 Å². The van der Waals surface area contributed by atoms with Gasteiger partial charge in [0.05, 0.1) is 6.10 Å². The largest absolute Gasteiger partial charge is 0.393 e. The van der Waals surface area contributed by atoms with Crippen LogP contribution in [0.3, 0.4) is 0 Å². The lowest BCUT2D eigenvalue weighted by Gasteiger charge is -2.25. The number of carbonyl (C=O) groups is 1. The van der Waals surface area contributed by atoms with Gasteiger partial charge in [-0.1, -0.05) is 0 Å². The van der Waals surface area contributed by atoms with Crippen molar-refractivity contribution in [2.24, 2.45) is 5.92 Å². The molecule has 0 atom stereocenters. The van der Waals surface area contributed by atoms with Crippen molar-refractivity contribution in [2.45, 2.75) is 31.8 Å². The van der Waals surface area contributed by atoms with Crippen molar-refractivity contribution >= 4 is 11.7 Å². The van der Waals surface area contributed by atoms with Gasteiger partial charge in [-0.3, -0.25) is 4.79 Å². The van der Waals surface area contributed by atoms with Crippen molar-refractivity contribution in [1.82, 2.24) is 15.6 Å². The lowest BCUT2D eigenvalue weighted by Crippen LogP contribution is -2.32. The van der Waals surface area contributed by atoms with Crippen LogP contribution in [0.4, 0.5) is 5.82 Å². The first-order valence-corrected chi connectivity index (χ1v) is 5.71. The molecule has 17 heavy (non-hydrogen) atoms. The third kappa shape index (κ3) is 2.94. The molecule has 4 N–H and O–H groups in total. The molecule has 1 saturated carbocycles. The summed E-state index contributed by atoms with van der Waals surface area (Å²) in [4.78, 5) is 11.6. The summed E-state index contributed by atoms with van der Waals surface area (Å²) in [6.07, 6.45) is 3.27. The van der Waals surface area contributed by atoms with Crippen molar-refractivity contribution in [3.63, 3.8) is 0 Å². The van der Waals surface area contributed by atoms with Crippen LogP contribution in [0.5, 0.6) is 0 Å². The number of aromatic nitrogens is 2. The minimum atomic E-state index is -0.366. The fraction of sp³-hybridized carbons (Fsp3) is 0.700. The fourth-order valence-electron chi connectivity index (χ4n) is 2.02. The van der Waals surface area contributed by atoms with Crippen LogP contribution >= 0.6 is 0 Å². The Bertz CT molecular complexity index is 385. The van der Waals surface area contributed by atoms with Crippen molar-refractivity contribution in [2.75, 3.05) is 12.3 Å². The molecule has 1 aromatic heterocycles. The highest BCUT2D eigenvalue weighted by Gasteiger charge is 2.21. The Labute approximate surface area is 98.3 Å². The van der Waals surface area contributed by atoms with Crippen molar-refractivity contribution in [1.29, 1.82) is 0 Å². The van der Waals surface area contributed by atoms with Crippen LogP contribution in [-0.2, 0) is 0 Å². The second kappa shape index (κ2) is 5.13. The van der Waals surface area contributed by atoms with Gasteiger partial charge in [-0.05, 0) is 41.9 Å². The predicted molar refractivity (Wildman–Crippen MR) is 59.0 cm³/mol. The van der Waals surface area contributed by atoms with E-state index in [0.29, 0.717) is 12.5 Å². The van der Waals surface area contributed by atoms with Crippen LogP contribution in [-0.4, -0.2) is 34.0 Å². The molecule has 1 heterocycles. The minimum Gasteiger partial charge on any atom is -0.393 e. The highest BCUT2D eigenvalue weighted by atomic mass is 16.6. The molecular weight excluding hydrogens is 224 g/mol. The highest BCUT2D eigenvalue weighted by Crippen LogP contribution is 2.23. The Balaban J connectivity index is 1.79. The zero-order valence-corrected chi connectivity index (χ0v) is 9.43. The first-order chi connectivity index (χ1) is 8.16. The standard InChI is InChI=1S/C10H16N4O3/c11-9-8(13-17-14-9)10(16)12-5-6-1-3-7(15)4-2-6/h6-7,15H,1-5H2,(H2,11,14)(H,12,16). The molecule has 0 aliphatic heterocycles. The summed E-state index contributed by atoms with van der Waals surface area (Å²) < 4.78 is 4.35. The maximum atomic E-state index is 11.6. The fourth-order valence-corrected chi connectivity index (χ4v) is 2.02. The number of nitrogen functional groups attached to an aromatic ring is 1. The third-order valence-corrected chi connectivity index (χ3v) is 3.10. The minimum absolute atomic E-state index is 0.00145. The molecule has 0 radical (unpaired) electrons. The Kier molecular flexibility index (Phi) is 3.58. The summed E-state index contributed by atoms with van der Waals surface area (Å²) in [7, 11) is 0. The van der Waals surface area contributed by atoms with Gasteiger partial charge in [0.2, 0.25) is 11.5 Å². The van der Waals surface area contributed by atoms with E-state index in [1.807, 2.05) is 0 Å². The van der Waals surface area contributed by atoms with E-state index in [1.54, 1.807) is 0 Å². The molecule has 0 spiro atoms. The Morgan fingerprint density at radius 2 is 2.12 bits per heavy atom. The van der Waals surface area contributed by atoms with Crippen molar-refractivity contribution in [3.05, 3.63) is 5.69 Å². The Hall–Kier alpha value is -1.63. The molecule has 2 rings (SSSR count). The average Bonchev–Trinajstić information content (AvgIpc) is 2.74. The molecule has 0 unspecified atom stereocenters. The van der Waals surface area contributed by atoms with Gasteiger partial charge >= 0.3 is 0 Å². The third-order valence-electron chi connectivity index (χ3n) is 3.10. The lowest BCUT2D eigenvalue weighted by molar-refractivity contribution is 0.0902. The van der Waals surface area contributed by atoms with E-state index in [4.69, 9.17) is 5.73 Å². The first-order valence-electron chi connectivity index (χ1n) is 5.71. The Morgan fingerprint density at radius 1 is 1.41 bits per heavy atom. The number of hydrogen-bond donors (Lipinski definition) is 3. The maximum absolute atomic E-state index is 11.6. The van der Waals surface area contributed by atoms with Crippen LogP contribution in [0, 0.1) is 5.92 Å². The van der Waals surface area contributed by atoms with Crippen LogP contribution < -0.4 is 11.1 Å². The quantitative estimate of drug-likeness (QED) is 0.681. The number of amides is 1. The van der Waals surface area contributed by atoms with Gasteiger partial charge in [0.15, 0.2) is 0 Å². The van der Waals surface area contributed by atoms with E-state index in [0.717, 1.165) is 25.7 Å². The molecule has 7 heteroatoms. The summed E-state index contributed by atoms with van der Waals surface area (Å²) in [6.45, 7) is 0.567. The van der Waals surface area contributed by atoms with E-state index in [2.05, 4.69) is 20.3 Å². The SMILES string of the molecule is Nc1nonc1C(=O)NCC1CCC(O)CC1. The van der Waals surface area contributed by atoms with Crippen LogP contribution in [0.1, 0.15) is 36.2 Å². The zero-order valence-electron chi connectivity index (χ0n) is 9.43. The van der Waals surface area contributed by atoms with Crippen molar-refractivity contribution in [3.8, 4) is 0 Å². The lowest BCUT2D eigenvalue weighted by atomic mass is 9.87. The highest BCUT2D eigenvalue weighted by molar-refractivity contribution is 5.95. The van der Waals surface area contributed by atoms with Gasteiger partial charge in [-0.15, -0.1) is 0 Å². The number of aliphatic hydroxyl groups is 1. The monoisotopic (exact) mass is 240 g/mol. The van der Waals surface area contributed by atoms with Gasteiger partial charge in [0.1, 0.15) is 0 Å². The molecule has 1 aliphatic carbocycles. The second-order valence-corrected chi connectivity index (χ2v) is 4.38. The number of carbonyl (C=O) groups excluding carboxylic acids is 1. The van der Waals surface area contributed by atoms with Gasteiger partial charge in [0.25, 0.3) is 5.91 Å². The number of aliphatic hydroxyl groups excluding tert-OH is 1. The maximum Gasteiger partial charge on any atom is 0.277 e. The van der Waals surface area contributed by atoms with Crippen LogP contribution in [0.25, 0.3) is 0 Å². The summed E-state index contributed by atoms with van der Waals surface area (Å²) in [5, 5.41) is 18.9. The van der Waals surface area contributed by atoms with Gasteiger partial charge in [0, 0.05) is 6.54 Å². The molecule has 94 valence electrons. The van der Waals surface area contributed by atoms with Crippen LogP contribution in [0.15, 0.2) is 4.63 Å². The number of rotatable bonds is 3. The van der Waals surface area contributed by atoms with E-state index in [1.165, 1.54) is 0 Å². The van der Waals surface area contributed by atoms with Gasteiger partial charge in [-0.25, -0.2) is 4.63 Å². The van der Waals surface area contributed by atoms with E-state index >= 15 is 0 Å². The zero-order chi connectivity index (χ0) is 12.3. The summed E-state index contributed by atoms with van der Waals surface area (Å²) in [5.41, 5.74) is 5.44. The normalized spacial score (nSPS) is 24.5. The summed E-state index contributed by atoms with van der Waals surface area (Å²) >= 11 is 0. The predicted octanol–water partition coefficient (Wildman–Crippen LogP) is -0.0673. The summed E-state index contributed by atoms with van der Waals surface area (Å²) in [6, 6.07) is 0. The first kappa shape index (κ1) is 11.8. The molecule has 1 aromatic rings. The topological polar surface area (TPSA) is 114 Å². The molecule has 0 aromatic carbocycles. The summed E-state index contributed by atoms with van der Waals surface area (Å²) in [5.74, 6) is 0.0415. The molecule has 1 fully saturated rings. The number of hydrogen-bond acceptors (Lipinski definition) is 6.